The van der Waals surface area contributed by atoms with Gasteiger partial charge in [0.1, 0.15) is 30.5 Å². The molecule has 13 heteroatoms. The number of rotatable bonds is 53. The number of carbonyl (C=O) groups is 1. The number of ether oxygens (including phenoxy) is 4. The fraction of sp³-hybridized carbons (Fsp3) is 0.914. The fourth-order valence-corrected chi connectivity index (χ4v) is 9.86. The molecule has 1 saturated heterocycles. The molecule has 0 bridgehead atoms. The first-order chi connectivity index (χ1) is 34.6. The third-order valence-electron chi connectivity index (χ3n) is 13.8. The summed E-state index contributed by atoms with van der Waals surface area (Å²) in [7, 11) is -5.07. The molecule has 0 saturated carbocycles. The van der Waals surface area contributed by atoms with E-state index in [1.807, 2.05) is 0 Å². The van der Waals surface area contributed by atoms with Gasteiger partial charge in [0.25, 0.3) is 0 Å². The summed E-state index contributed by atoms with van der Waals surface area (Å²) in [5.41, 5.74) is 0. The number of allylic oxidation sites excluding steroid dienone is 4. The molecule has 0 spiro atoms. The Morgan fingerprint density at radius 3 is 1.34 bits per heavy atom. The number of hydrogen-bond acceptors (Lipinski definition) is 11. The highest BCUT2D eigenvalue weighted by Gasteiger charge is 2.48. The van der Waals surface area contributed by atoms with E-state index >= 15 is 0 Å². The van der Waals surface area contributed by atoms with Crippen LogP contribution in [-0.4, -0.2) is 97.5 Å². The zero-order valence-corrected chi connectivity index (χ0v) is 46.4. The average molecular weight is 1030 g/mol. The Hall–Kier alpha value is -1.42. The number of unbranched alkanes of at least 4 members (excludes halogenated alkanes) is 36. The van der Waals surface area contributed by atoms with Crippen LogP contribution in [0, 0.1) is 0 Å². The van der Waals surface area contributed by atoms with Crippen molar-refractivity contribution >= 4 is 16.4 Å². The molecule has 420 valence electrons. The average Bonchev–Trinajstić information content (AvgIpc) is 3.35. The molecular weight excluding hydrogens is 921 g/mol. The van der Waals surface area contributed by atoms with Crippen LogP contribution in [0.3, 0.4) is 0 Å². The van der Waals surface area contributed by atoms with Crippen LogP contribution in [0.4, 0.5) is 0 Å². The Labute approximate surface area is 435 Å². The van der Waals surface area contributed by atoms with Gasteiger partial charge in [-0.25, -0.2) is 4.18 Å². The molecular formula is C58H110O12S. The first-order valence-electron chi connectivity index (χ1n) is 29.6. The van der Waals surface area contributed by atoms with Crippen LogP contribution in [-0.2, 0) is 38.3 Å². The summed E-state index contributed by atoms with van der Waals surface area (Å²) in [5, 5.41) is 30.8. The molecule has 0 aromatic carbocycles. The molecule has 4 N–H and O–H groups in total. The van der Waals surface area contributed by atoms with Crippen molar-refractivity contribution in [3.63, 3.8) is 0 Å². The topological polar surface area (TPSA) is 178 Å². The third-order valence-corrected chi connectivity index (χ3v) is 14.3. The Morgan fingerprint density at radius 1 is 0.535 bits per heavy atom. The van der Waals surface area contributed by atoms with Gasteiger partial charge in [-0.05, 0) is 44.9 Å². The van der Waals surface area contributed by atoms with Gasteiger partial charge in [-0.1, -0.05) is 250 Å². The molecule has 0 amide bonds. The van der Waals surface area contributed by atoms with Crippen molar-refractivity contribution in [2.75, 3.05) is 26.4 Å². The van der Waals surface area contributed by atoms with E-state index < -0.39 is 59.8 Å². The lowest BCUT2D eigenvalue weighted by atomic mass is 9.99. The number of esters is 1. The van der Waals surface area contributed by atoms with Crippen LogP contribution in [0.15, 0.2) is 24.3 Å². The Morgan fingerprint density at radius 2 is 0.930 bits per heavy atom. The van der Waals surface area contributed by atoms with Gasteiger partial charge >= 0.3 is 16.4 Å². The molecule has 0 aromatic rings. The van der Waals surface area contributed by atoms with Crippen LogP contribution >= 0.6 is 0 Å². The summed E-state index contributed by atoms with van der Waals surface area (Å²) in [4.78, 5) is 13.0. The molecule has 71 heavy (non-hydrogen) atoms. The van der Waals surface area contributed by atoms with E-state index in [0.29, 0.717) is 13.0 Å². The van der Waals surface area contributed by atoms with Gasteiger partial charge in [0.05, 0.1) is 19.8 Å². The summed E-state index contributed by atoms with van der Waals surface area (Å²) in [6.45, 7) is 4.05. The Balaban J connectivity index is 2.27. The second kappa shape index (κ2) is 49.5. The number of aliphatic hydroxyl groups is 3. The van der Waals surface area contributed by atoms with Crippen molar-refractivity contribution in [2.45, 2.75) is 314 Å². The van der Waals surface area contributed by atoms with Gasteiger partial charge in [-0.2, -0.15) is 8.42 Å². The minimum Gasteiger partial charge on any atom is -0.457 e. The second-order valence-electron chi connectivity index (χ2n) is 20.6. The van der Waals surface area contributed by atoms with Crippen LogP contribution in [0.1, 0.15) is 277 Å². The Kier molecular flexibility index (Phi) is 47.1. The zero-order chi connectivity index (χ0) is 51.7. The summed E-state index contributed by atoms with van der Waals surface area (Å²) in [6.07, 6.45) is 50.7. The second-order valence-corrected chi connectivity index (χ2v) is 21.6. The number of aliphatic hydroxyl groups excluding tert-OH is 3. The van der Waals surface area contributed by atoms with Crippen molar-refractivity contribution in [3.8, 4) is 0 Å². The van der Waals surface area contributed by atoms with Crippen molar-refractivity contribution in [3.05, 3.63) is 24.3 Å². The molecule has 6 unspecified atom stereocenters. The van der Waals surface area contributed by atoms with E-state index in [1.165, 1.54) is 205 Å². The highest BCUT2D eigenvalue weighted by molar-refractivity contribution is 7.80. The highest BCUT2D eigenvalue weighted by atomic mass is 32.3. The maximum atomic E-state index is 13.0. The fourth-order valence-electron chi connectivity index (χ4n) is 9.35. The van der Waals surface area contributed by atoms with E-state index in [2.05, 4.69) is 42.3 Å². The van der Waals surface area contributed by atoms with Gasteiger partial charge in [0, 0.05) is 13.0 Å². The third kappa shape index (κ3) is 42.5. The van der Waals surface area contributed by atoms with Gasteiger partial charge < -0.3 is 34.3 Å². The highest BCUT2D eigenvalue weighted by Crippen LogP contribution is 2.26. The molecule has 0 radical (unpaired) electrons. The predicted molar refractivity (Wildman–Crippen MR) is 290 cm³/mol. The van der Waals surface area contributed by atoms with Crippen LogP contribution < -0.4 is 0 Å². The first kappa shape index (κ1) is 67.6. The molecule has 0 aromatic heterocycles. The Bertz CT molecular complexity index is 1330. The van der Waals surface area contributed by atoms with Gasteiger partial charge in [0.2, 0.25) is 0 Å². The van der Waals surface area contributed by atoms with Crippen molar-refractivity contribution in [1.82, 2.24) is 0 Å². The van der Waals surface area contributed by atoms with Crippen LogP contribution in [0.25, 0.3) is 0 Å². The maximum Gasteiger partial charge on any atom is 0.397 e. The minimum absolute atomic E-state index is 0.0415. The van der Waals surface area contributed by atoms with Crippen LogP contribution in [0.2, 0.25) is 0 Å². The molecule has 1 rings (SSSR count). The van der Waals surface area contributed by atoms with E-state index in [1.54, 1.807) is 0 Å². The molecule has 1 heterocycles. The smallest absolute Gasteiger partial charge is 0.397 e. The molecule has 1 aliphatic heterocycles. The van der Waals surface area contributed by atoms with Crippen molar-refractivity contribution < 1.29 is 56.2 Å². The maximum absolute atomic E-state index is 13.0. The summed E-state index contributed by atoms with van der Waals surface area (Å²) in [6, 6.07) is 0. The van der Waals surface area contributed by atoms with E-state index in [4.69, 9.17) is 18.9 Å². The lowest BCUT2D eigenvalue weighted by molar-refractivity contribution is -0.301. The monoisotopic (exact) mass is 1030 g/mol. The standard InChI is InChI=1S/C58H110O12S/c1-3-5-7-9-11-13-15-17-19-21-23-24-25-26-27-28-29-31-33-35-37-39-41-43-45-47-54(60)68-52(51-67-58-56(62)57(70-71(63,64)65)55(61)53(49-59)69-58)50-66-48-46-44-42-40-38-36-34-32-30-22-20-18-16-14-12-10-8-6-4-2/h15,17,21,23,52-53,55-59,61-62H,3-14,16,18-20,22,24-51H2,1-2H3,(H,63,64,65)/b17-15-,23-21-. The van der Waals surface area contributed by atoms with E-state index in [-0.39, 0.29) is 19.6 Å². The van der Waals surface area contributed by atoms with Gasteiger partial charge in [-0.3, -0.25) is 9.35 Å². The van der Waals surface area contributed by atoms with Gasteiger partial charge in [0.15, 0.2) is 6.29 Å². The van der Waals surface area contributed by atoms with Crippen LogP contribution in [0.5, 0.6) is 0 Å². The zero-order valence-electron chi connectivity index (χ0n) is 45.6. The number of carbonyl (C=O) groups excluding carboxylic acids is 1. The number of hydrogen-bond donors (Lipinski definition) is 4. The SMILES string of the molecule is CCCCCCC/C=C\C/C=C\CCCCCCCCCCCCCCCC(=O)OC(COCCCCCCCCCCCCCCCCCCCCC)COC1OC(CO)C(O)C(OS(=O)(=O)O)C1O. The first-order valence-corrected chi connectivity index (χ1v) is 31.0. The molecule has 1 aliphatic rings. The summed E-state index contributed by atoms with van der Waals surface area (Å²) in [5.74, 6) is -0.393. The van der Waals surface area contributed by atoms with E-state index in [9.17, 15) is 33.1 Å². The molecule has 6 atom stereocenters. The predicted octanol–water partition coefficient (Wildman–Crippen LogP) is 14.7. The van der Waals surface area contributed by atoms with Crippen molar-refractivity contribution in [1.29, 1.82) is 0 Å². The lowest BCUT2D eigenvalue weighted by Gasteiger charge is -2.41. The summed E-state index contributed by atoms with van der Waals surface area (Å²) < 4.78 is 59.5. The summed E-state index contributed by atoms with van der Waals surface area (Å²) >= 11 is 0. The quantitative estimate of drug-likeness (QED) is 0.0196. The van der Waals surface area contributed by atoms with E-state index in [0.717, 1.165) is 44.9 Å². The lowest BCUT2D eigenvalue weighted by Crippen LogP contribution is -2.60. The largest absolute Gasteiger partial charge is 0.457 e. The minimum atomic E-state index is -5.07. The molecule has 0 aliphatic carbocycles. The molecule has 1 fully saturated rings. The normalized spacial score (nSPS) is 19.1. The van der Waals surface area contributed by atoms with Crippen molar-refractivity contribution in [2.24, 2.45) is 0 Å². The molecule has 12 nitrogen and oxygen atoms in total. The van der Waals surface area contributed by atoms with Gasteiger partial charge in [-0.15, -0.1) is 0 Å².